The highest BCUT2D eigenvalue weighted by Crippen LogP contribution is 2.33. The summed E-state index contributed by atoms with van der Waals surface area (Å²) in [5.41, 5.74) is 4.09. The minimum absolute atomic E-state index is 0.140. The molecule has 0 spiro atoms. The maximum absolute atomic E-state index is 12.2. The van der Waals surface area contributed by atoms with Crippen molar-refractivity contribution >= 4 is 17.7 Å². The van der Waals surface area contributed by atoms with Crippen molar-refractivity contribution in [3.63, 3.8) is 0 Å². The van der Waals surface area contributed by atoms with Crippen LogP contribution in [-0.4, -0.2) is 29.2 Å². The van der Waals surface area contributed by atoms with Crippen molar-refractivity contribution in [2.75, 3.05) is 18.1 Å². The zero-order valence-electron chi connectivity index (χ0n) is 25.7. The van der Waals surface area contributed by atoms with Gasteiger partial charge >= 0.3 is 5.97 Å². The summed E-state index contributed by atoms with van der Waals surface area (Å²) in [6, 6.07) is 2.06. The highest BCUT2D eigenvalue weighted by molar-refractivity contribution is 7.99. The average molecular weight is 549 g/mol. The third-order valence-corrected chi connectivity index (χ3v) is 8.80. The lowest BCUT2D eigenvalue weighted by Crippen LogP contribution is -2.10. The van der Waals surface area contributed by atoms with Crippen LogP contribution in [0.1, 0.15) is 158 Å². The van der Waals surface area contributed by atoms with E-state index < -0.39 is 0 Å². The zero-order chi connectivity index (χ0) is 28.0. The molecule has 1 aromatic carbocycles. The van der Waals surface area contributed by atoms with E-state index in [2.05, 4.69) is 33.8 Å². The molecule has 0 amide bonds. The molecule has 0 heterocycles. The molecule has 0 radical (unpaired) electrons. The quantitative estimate of drug-likeness (QED) is 0.103. The summed E-state index contributed by atoms with van der Waals surface area (Å²) in [5, 5.41) is 10.5. The fourth-order valence-electron chi connectivity index (χ4n) is 5.24. The van der Waals surface area contributed by atoms with Crippen LogP contribution in [0, 0.1) is 13.8 Å². The number of carbonyl (C=O) groups is 1. The van der Waals surface area contributed by atoms with E-state index in [0.29, 0.717) is 25.2 Å². The van der Waals surface area contributed by atoms with Crippen LogP contribution >= 0.6 is 11.8 Å². The van der Waals surface area contributed by atoms with Gasteiger partial charge in [0.1, 0.15) is 12.4 Å². The predicted octanol–water partition coefficient (Wildman–Crippen LogP) is 10.6. The number of hydrogen-bond donors (Lipinski definition) is 1. The third-order valence-electron chi connectivity index (χ3n) is 7.76. The first-order chi connectivity index (χ1) is 18.4. The second-order valence-electron chi connectivity index (χ2n) is 11.5. The average Bonchev–Trinajstić information content (AvgIpc) is 2.89. The maximum atomic E-state index is 12.2. The monoisotopic (exact) mass is 548 g/mol. The van der Waals surface area contributed by atoms with E-state index in [-0.39, 0.29) is 11.9 Å². The Bertz CT molecular complexity index is 744. The van der Waals surface area contributed by atoms with Gasteiger partial charge in [0.25, 0.3) is 0 Å². The van der Waals surface area contributed by atoms with E-state index in [1.165, 1.54) is 103 Å². The fraction of sp³-hybridized carbons (Fsp3) is 0.794. The molecule has 0 aliphatic carbocycles. The molecular formula is C34H60O3S. The van der Waals surface area contributed by atoms with Gasteiger partial charge in [-0.1, -0.05) is 123 Å². The van der Waals surface area contributed by atoms with Crippen molar-refractivity contribution < 1.29 is 14.6 Å². The SMILES string of the molecule is CCCCCCCCCCCCCCCCCCSCCOC(=O)CCc1c(C)cc(C(C)C)c(O)c1C. The van der Waals surface area contributed by atoms with Crippen molar-refractivity contribution in [1.82, 2.24) is 0 Å². The number of rotatable bonds is 24. The van der Waals surface area contributed by atoms with Gasteiger partial charge in [0.15, 0.2) is 0 Å². The summed E-state index contributed by atoms with van der Waals surface area (Å²) < 4.78 is 5.45. The topological polar surface area (TPSA) is 46.5 Å². The summed E-state index contributed by atoms with van der Waals surface area (Å²) in [7, 11) is 0. The Balaban J connectivity index is 1.92. The smallest absolute Gasteiger partial charge is 0.306 e. The van der Waals surface area contributed by atoms with Crippen LogP contribution in [0.15, 0.2) is 6.07 Å². The molecule has 0 unspecified atom stereocenters. The number of esters is 1. The van der Waals surface area contributed by atoms with E-state index in [1.807, 2.05) is 18.7 Å². The minimum Gasteiger partial charge on any atom is -0.507 e. The van der Waals surface area contributed by atoms with Gasteiger partial charge in [0, 0.05) is 12.2 Å². The minimum atomic E-state index is -0.140. The Morgan fingerprint density at radius 2 is 1.32 bits per heavy atom. The summed E-state index contributed by atoms with van der Waals surface area (Å²) in [6.07, 6.45) is 23.4. The highest BCUT2D eigenvalue weighted by atomic mass is 32.2. The van der Waals surface area contributed by atoms with Gasteiger partial charge in [-0.25, -0.2) is 0 Å². The number of thioether (sulfide) groups is 1. The molecule has 0 aliphatic rings. The Labute approximate surface area is 240 Å². The fourth-order valence-corrected chi connectivity index (χ4v) is 6.05. The Morgan fingerprint density at radius 3 is 1.82 bits per heavy atom. The molecular weight excluding hydrogens is 488 g/mol. The van der Waals surface area contributed by atoms with Gasteiger partial charge in [-0.15, -0.1) is 0 Å². The normalized spacial score (nSPS) is 11.4. The number of benzene rings is 1. The lowest BCUT2D eigenvalue weighted by Gasteiger charge is -2.17. The molecule has 0 saturated heterocycles. The lowest BCUT2D eigenvalue weighted by atomic mass is 9.90. The first-order valence-electron chi connectivity index (χ1n) is 15.9. The van der Waals surface area contributed by atoms with Gasteiger partial charge in [-0.3, -0.25) is 4.79 Å². The molecule has 220 valence electrons. The van der Waals surface area contributed by atoms with Crippen LogP contribution in [0.25, 0.3) is 0 Å². The molecule has 0 aromatic heterocycles. The van der Waals surface area contributed by atoms with Gasteiger partial charge in [-0.2, -0.15) is 11.8 Å². The number of unbranched alkanes of at least 4 members (excludes halogenated alkanes) is 15. The van der Waals surface area contributed by atoms with Crippen LogP contribution in [0.4, 0.5) is 0 Å². The molecule has 38 heavy (non-hydrogen) atoms. The van der Waals surface area contributed by atoms with E-state index in [1.54, 1.807) is 0 Å². The Kier molecular flexibility index (Phi) is 20.8. The van der Waals surface area contributed by atoms with Crippen LogP contribution < -0.4 is 0 Å². The predicted molar refractivity (Wildman–Crippen MR) is 168 cm³/mol. The summed E-state index contributed by atoms with van der Waals surface area (Å²) in [4.78, 5) is 12.2. The van der Waals surface area contributed by atoms with Crippen LogP contribution in [0.2, 0.25) is 0 Å². The molecule has 0 fully saturated rings. The summed E-state index contributed by atoms with van der Waals surface area (Å²) in [5.74, 6) is 2.56. The first kappa shape index (κ1) is 34.9. The van der Waals surface area contributed by atoms with Gasteiger partial charge in [-0.05, 0) is 60.6 Å². The molecule has 0 bridgehead atoms. The number of phenolic OH excluding ortho intramolecular Hbond substituents is 1. The van der Waals surface area contributed by atoms with Gasteiger partial charge in [0.2, 0.25) is 0 Å². The van der Waals surface area contributed by atoms with E-state index >= 15 is 0 Å². The van der Waals surface area contributed by atoms with Crippen LogP contribution in [0.5, 0.6) is 5.75 Å². The standard InChI is InChI=1S/C34H60O3S/c1-6-7-8-9-10-11-12-13-14-15-16-17-18-19-20-21-25-38-26-24-37-33(35)23-22-31-29(4)27-32(28(2)3)34(36)30(31)5/h27-28,36H,6-26H2,1-5H3. The largest absolute Gasteiger partial charge is 0.507 e. The molecule has 4 heteroatoms. The van der Waals surface area contributed by atoms with Gasteiger partial charge in [0.05, 0.1) is 0 Å². The number of hydrogen-bond acceptors (Lipinski definition) is 4. The third kappa shape index (κ3) is 16.1. The molecule has 3 nitrogen and oxygen atoms in total. The molecule has 1 aromatic rings. The number of carbonyl (C=O) groups excluding carboxylic acids is 1. The van der Waals surface area contributed by atoms with Crippen molar-refractivity contribution in [1.29, 1.82) is 0 Å². The Morgan fingerprint density at radius 1 is 0.816 bits per heavy atom. The van der Waals surface area contributed by atoms with E-state index in [9.17, 15) is 9.90 Å². The summed E-state index contributed by atoms with van der Waals surface area (Å²) in [6.45, 7) is 11.0. The van der Waals surface area contributed by atoms with E-state index in [0.717, 1.165) is 33.8 Å². The lowest BCUT2D eigenvalue weighted by molar-refractivity contribution is -0.142. The number of phenols is 1. The van der Waals surface area contributed by atoms with Crippen molar-refractivity contribution in [2.24, 2.45) is 0 Å². The highest BCUT2D eigenvalue weighted by Gasteiger charge is 2.16. The molecule has 1 N–H and O–H groups in total. The van der Waals surface area contributed by atoms with Crippen LogP contribution in [-0.2, 0) is 16.0 Å². The molecule has 0 aliphatic heterocycles. The number of aromatic hydroxyl groups is 1. The van der Waals surface area contributed by atoms with Crippen molar-refractivity contribution in [2.45, 2.75) is 156 Å². The van der Waals surface area contributed by atoms with E-state index in [4.69, 9.17) is 4.74 Å². The zero-order valence-corrected chi connectivity index (χ0v) is 26.5. The number of aryl methyl sites for hydroxylation is 1. The summed E-state index contributed by atoms with van der Waals surface area (Å²) >= 11 is 1.90. The first-order valence-corrected chi connectivity index (χ1v) is 17.1. The number of ether oxygens (including phenoxy) is 1. The second-order valence-corrected chi connectivity index (χ2v) is 12.8. The van der Waals surface area contributed by atoms with Crippen molar-refractivity contribution in [3.8, 4) is 5.75 Å². The second kappa shape index (κ2) is 22.6. The molecule has 0 saturated carbocycles. The van der Waals surface area contributed by atoms with Crippen LogP contribution in [0.3, 0.4) is 0 Å². The van der Waals surface area contributed by atoms with Crippen molar-refractivity contribution in [3.05, 3.63) is 28.3 Å². The maximum Gasteiger partial charge on any atom is 0.306 e. The molecule has 1 rings (SSSR count). The molecule has 0 atom stereocenters. The van der Waals surface area contributed by atoms with Gasteiger partial charge < -0.3 is 9.84 Å². The Hall–Kier alpha value is -1.16.